The first-order chi connectivity index (χ1) is 6.29. The van der Waals surface area contributed by atoms with Crippen LogP contribution in [0.2, 0.25) is 5.02 Å². The predicted molar refractivity (Wildman–Crippen MR) is 53.0 cm³/mol. The van der Waals surface area contributed by atoms with Gasteiger partial charge in [0.2, 0.25) is 5.91 Å². The summed E-state index contributed by atoms with van der Waals surface area (Å²) in [6.07, 6.45) is 1.58. The highest BCUT2D eigenvalue weighted by atomic mass is 35.5. The molecule has 3 heteroatoms. The maximum Gasteiger partial charge on any atom is 0.227 e. The Bertz CT molecular complexity index is 337. The van der Waals surface area contributed by atoms with Gasteiger partial charge in [-0.25, -0.2) is 0 Å². The molecule has 1 aliphatic heterocycles. The number of rotatable bonds is 1. The van der Waals surface area contributed by atoms with E-state index in [1.165, 1.54) is 0 Å². The molecule has 1 aromatic rings. The molecule has 13 heavy (non-hydrogen) atoms. The number of anilines is 1. The van der Waals surface area contributed by atoms with Crippen molar-refractivity contribution in [3.8, 4) is 0 Å². The van der Waals surface area contributed by atoms with Crippen molar-refractivity contribution in [1.82, 2.24) is 0 Å². The molecule has 0 N–H and O–H groups in total. The number of carbonyl (C=O) groups is 1. The smallest absolute Gasteiger partial charge is 0.227 e. The molecule has 0 saturated carbocycles. The van der Waals surface area contributed by atoms with Crippen molar-refractivity contribution in [3.63, 3.8) is 0 Å². The SMILES string of the molecule is O=C1CCCN1c1ccccc1Cl. The predicted octanol–water partition coefficient (Wildman–Crippen LogP) is 2.47. The summed E-state index contributed by atoms with van der Waals surface area (Å²) < 4.78 is 0. The second-order valence-electron chi connectivity index (χ2n) is 3.10. The van der Waals surface area contributed by atoms with E-state index in [-0.39, 0.29) is 5.91 Å². The fourth-order valence-corrected chi connectivity index (χ4v) is 1.81. The zero-order chi connectivity index (χ0) is 9.26. The fourth-order valence-electron chi connectivity index (χ4n) is 1.57. The molecule has 68 valence electrons. The average Bonchev–Trinajstić information content (AvgIpc) is 2.52. The molecule has 2 nitrogen and oxygen atoms in total. The lowest BCUT2D eigenvalue weighted by atomic mass is 10.3. The second kappa shape index (κ2) is 3.38. The highest BCUT2D eigenvalue weighted by Crippen LogP contribution is 2.28. The summed E-state index contributed by atoms with van der Waals surface area (Å²) in [5.74, 6) is 0.174. The Morgan fingerprint density at radius 1 is 1.31 bits per heavy atom. The van der Waals surface area contributed by atoms with E-state index in [0.29, 0.717) is 11.4 Å². The van der Waals surface area contributed by atoms with Crippen LogP contribution in [0.3, 0.4) is 0 Å². The van der Waals surface area contributed by atoms with Crippen molar-refractivity contribution in [1.29, 1.82) is 0 Å². The van der Waals surface area contributed by atoms with Crippen LogP contribution in [0.1, 0.15) is 12.8 Å². The largest absolute Gasteiger partial charge is 0.311 e. The third-order valence-corrected chi connectivity index (χ3v) is 2.54. The molecule has 0 radical (unpaired) electrons. The van der Waals surface area contributed by atoms with Gasteiger partial charge in [-0.1, -0.05) is 23.7 Å². The van der Waals surface area contributed by atoms with Gasteiger partial charge in [0.15, 0.2) is 0 Å². The molecular weight excluding hydrogens is 186 g/mol. The first-order valence-electron chi connectivity index (χ1n) is 4.34. The average molecular weight is 196 g/mol. The molecule has 0 aromatic heterocycles. The van der Waals surface area contributed by atoms with E-state index in [4.69, 9.17) is 11.6 Å². The van der Waals surface area contributed by atoms with Crippen LogP contribution >= 0.6 is 11.6 Å². The third-order valence-electron chi connectivity index (χ3n) is 2.22. The van der Waals surface area contributed by atoms with Crippen molar-refractivity contribution >= 4 is 23.2 Å². The normalized spacial score (nSPS) is 16.7. The first kappa shape index (κ1) is 8.57. The van der Waals surface area contributed by atoms with Gasteiger partial charge in [0.1, 0.15) is 0 Å². The molecule has 1 aliphatic rings. The number of halogens is 1. The van der Waals surface area contributed by atoms with Crippen LogP contribution in [-0.4, -0.2) is 12.5 Å². The lowest BCUT2D eigenvalue weighted by Crippen LogP contribution is -2.23. The fraction of sp³-hybridized carbons (Fsp3) is 0.300. The van der Waals surface area contributed by atoms with E-state index in [1.807, 2.05) is 24.3 Å². The molecule has 0 bridgehead atoms. The molecule has 0 unspecified atom stereocenters. The summed E-state index contributed by atoms with van der Waals surface area (Å²) in [5.41, 5.74) is 0.840. The van der Waals surface area contributed by atoms with Crippen LogP contribution in [0.15, 0.2) is 24.3 Å². The molecule has 2 rings (SSSR count). The Morgan fingerprint density at radius 2 is 2.08 bits per heavy atom. The molecule has 1 saturated heterocycles. The minimum atomic E-state index is 0.174. The molecule has 1 fully saturated rings. The Balaban J connectivity index is 2.34. The molecule has 1 heterocycles. The van der Waals surface area contributed by atoms with E-state index in [0.717, 1.165) is 18.7 Å². The van der Waals surface area contributed by atoms with E-state index >= 15 is 0 Å². The highest BCUT2D eigenvalue weighted by molar-refractivity contribution is 6.33. The van der Waals surface area contributed by atoms with E-state index in [9.17, 15) is 4.79 Å². The Hall–Kier alpha value is -1.02. The van der Waals surface area contributed by atoms with Gasteiger partial charge in [-0.2, -0.15) is 0 Å². The Labute approximate surface area is 82.1 Å². The quantitative estimate of drug-likeness (QED) is 0.674. The third kappa shape index (κ3) is 1.54. The van der Waals surface area contributed by atoms with Crippen LogP contribution in [0.4, 0.5) is 5.69 Å². The summed E-state index contributed by atoms with van der Waals surface area (Å²) in [6.45, 7) is 0.794. The van der Waals surface area contributed by atoms with E-state index in [1.54, 1.807) is 4.90 Å². The van der Waals surface area contributed by atoms with Crippen LogP contribution in [0.25, 0.3) is 0 Å². The standard InChI is InChI=1S/C10H10ClNO/c11-8-4-1-2-5-9(8)12-7-3-6-10(12)13/h1-2,4-5H,3,6-7H2. The number of benzene rings is 1. The van der Waals surface area contributed by atoms with Crippen molar-refractivity contribution < 1.29 is 4.79 Å². The summed E-state index contributed by atoms with van der Waals surface area (Å²) in [6, 6.07) is 7.45. The number of nitrogens with zero attached hydrogens (tertiary/aromatic N) is 1. The van der Waals surface area contributed by atoms with E-state index < -0.39 is 0 Å². The zero-order valence-corrected chi connectivity index (χ0v) is 7.92. The lowest BCUT2D eigenvalue weighted by molar-refractivity contribution is -0.117. The number of hydrogen-bond donors (Lipinski definition) is 0. The van der Waals surface area contributed by atoms with Crippen LogP contribution in [-0.2, 0) is 4.79 Å². The van der Waals surface area contributed by atoms with E-state index in [2.05, 4.69) is 0 Å². The summed E-state index contributed by atoms with van der Waals surface area (Å²) in [5, 5.41) is 0.651. The number of carbonyl (C=O) groups excluding carboxylic acids is 1. The van der Waals surface area contributed by atoms with Gasteiger partial charge in [0.25, 0.3) is 0 Å². The van der Waals surface area contributed by atoms with Gasteiger partial charge in [0.05, 0.1) is 10.7 Å². The summed E-state index contributed by atoms with van der Waals surface area (Å²) in [7, 11) is 0. The summed E-state index contributed by atoms with van der Waals surface area (Å²) >= 11 is 5.98. The minimum Gasteiger partial charge on any atom is -0.311 e. The maximum atomic E-state index is 11.4. The van der Waals surface area contributed by atoms with Gasteiger partial charge < -0.3 is 4.90 Å². The van der Waals surface area contributed by atoms with Gasteiger partial charge >= 0.3 is 0 Å². The first-order valence-corrected chi connectivity index (χ1v) is 4.72. The second-order valence-corrected chi connectivity index (χ2v) is 3.51. The Morgan fingerprint density at radius 3 is 2.69 bits per heavy atom. The molecular formula is C10H10ClNO. The molecule has 0 aliphatic carbocycles. The Kier molecular flexibility index (Phi) is 2.23. The van der Waals surface area contributed by atoms with Crippen molar-refractivity contribution in [3.05, 3.63) is 29.3 Å². The minimum absolute atomic E-state index is 0.174. The number of para-hydroxylation sites is 1. The van der Waals surface area contributed by atoms with Gasteiger partial charge in [-0.05, 0) is 18.6 Å². The summed E-state index contributed by atoms with van der Waals surface area (Å²) in [4.78, 5) is 13.1. The molecule has 1 aromatic carbocycles. The van der Waals surface area contributed by atoms with Gasteiger partial charge in [-0.15, -0.1) is 0 Å². The highest BCUT2D eigenvalue weighted by Gasteiger charge is 2.22. The van der Waals surface area contributed by atoms with Crippen LogP contribution in [0.5, 0.6) is 0 Å². The molecule has 0 atom stereocenters. The van der Waals surface area contributed by atoms with Gasteiger partial charge in [-0.3, -0.25) is 4.79 Å². The van der Waals surface area contributed by atoms with Gasteiger partial charge in [0, 0.05) is 13.0 Å². The van der Waals surface area contributed by atoms with Crippen LogP contribution < -0.4 is 4.90 Å². The zero-order valence-electron chi connectivity index (χ0n) is 7.16. The molecule has 0 spiro atoms. The number of hydrogen-bond acceptors (Lipinski definition) is 1. The maximum absolute atomic E-state index is 11.4. The van der Waals surface area contributed by atoms with Crippen molar-refractivity contribution in [2.45, 2.75) is 12.8 Å². The topological polar surface area (TPSA) is 20.3 Å². The number of amides is 1. The van der Waals surface area contributed by atoms with Crippen LogP contribution in [0, 0.1) is 0 Å². The van der Waals surface area contributed by atoms with Crippen molar-refractivity contribution in [2.75, 3.05) is 11.4 Å². The van der Waals surface area contributed by atoms with Crippen molar-refractivity contribution in [2.24, 2.45) is 0 Å². The molecule has 1 amide bonds. The monoisotopic (exact) mass is 195 g/mol. The lowest BCUT2D eigenvalue weighted by Gasteiger charge is -2.16.